The Balaban J connectivity index is 2.45. The third-order valence-corrected chi connectivity index (χ3v) is 2.43. The predicted molar refractivity (Wildman–Crippen MR) is 66.2 cm³/mol. The molecule has 0 saturated carbocycles. The number of aliphatic hydroxyl groups is 1. The molecule has 1 unspecified atom stereocenters. The Hall–Kier alpha value is -0.930. The minimum Gasteiger partial charge on any atom is -0.395 e. The van der Waals surface area contributed by atoms with Gasteiger partial charge in [-0.05, 0) is 30.9 Å². The summed E-state index contributed by atoms with van der Waals surface area (Å²) in [6, 6.07) is 4.32. The van der Waals surface area contributed by atoms with Crippen molar-refractivity contribution in [3.05, 3.63) is 29.6 Å². The number of hydrogen-bond donors (Lipinski definition) is 2. The van der Waals surface area contributed by atoms with E-state index in [0.29, 0.717) is 5.92 Å². The molecule has 0 aliphatic carbocycles. The Labute approximate surface area is 97.9 Å². The second kappa shape index (κ2) is 6.61. The van der Waals surface area contributed by atoms with Gasteiger partial charge in [-0.2, -0.15) is 0 Å². The number of aliphatic hydroxyl groups excluding tert-OH is 1. The molecule has 0 fully saturated rings. The van der Waals surface area contributed by atoms with E-state index in [-0.39, 0.29) is 12.6 Å². The molecule has 1 heterocycles. The molecule has 90 valence electrons. The van der Waals surface area contributed by atoms with Crippen LogP contribution in [0.5, 0.6) is 0 Å². The van der Waals surface area contributed by atoms with Crippen molar-refractivity contribution in [1.82, 2.24) is 10.3 Å². The van der Waals surface area contributed by atoms with Crippen molar-refractivity contribution in [2.24, 2.45) is 5.92 Å². The van der Waals surface area contributed by atoms with E-state index in [1.54, 1.807) is 0 Å². The van der Waals surface area contributed by atoms with Crippen LogP contribution in [0.2, 0.25) is 0 Å². The van der Waals surface area contributed by atoms with Crippen LogP contribution in [0.15, 0.2) is 18.3 Å². The molecule has 1 rings (SSSR count). The standard InChI is InChI=1S/C13H22N2O/c1-10(2)6-13-5-4-12(8-15-13)7-14-11(3)9-16/h4-5,8,10-11,14,16H,6-7,9H2,1-3H3. The van der Waals surface area contributed by atoms with E-state index in [0.717, 1.165) is 24.2 Å². The quantitative estimate of drug-likeness (QED) is 0.771. The zero-order valence-corrected chi connectivity index (χ0v) is 10.4. The number of pyridine rings is 1. The summed E-state index contributed by atoms with van der Waals surface area (Å²) in [7, 11) is 0. The van der Waals surface area contributed by atoms with Gasteiger partial charge in [-0.1, -0.05) is 19.9 Å². The van der Waals surface area contributed by atoms with Crippen molar-refractivity contribution in [2.45, 2.75) is 39.8 Å². The van der Waals surface area contributed by atoms with Crippen molar-refractivity contribution in [2.75, 3.05) is 6.61 Å². The number of aromatic nitrogens is 1. The molecular weight excluding hydrogens is 200 g/mol. The average Bonchev–Trinajstić information content (AvgIpc) is 2.27. The van der Waals surface area contributed by atoms with E-state index in [2.05, 4.69) is 36.3 Å². The highest BCUT2D eigenvalue weighted by atomic mass is 16.3. The van der Waals surface area contributed by atoms with Crippen LogP contribution in [0, 0.1) is 5.92 Å². The molecule has 0 bridgehead atoms. The van der Waals surface area contributed by atoms with Gasteiger partial charge in [0.1, 0.15) is 0 Å². The zero-order valence-electron chi connectivity index (χ0n) is 10.4. The van der Waals surface area contributed by atoms with Crippen LogP contribution in [0.25, 0.3) is 0 Å². The first-order chi connectivity index (χ1) is 7.61. The molecular formula is C13H22N2O. The normalized spacial score (nSPS) is 13.1. The Morgan fingerprint density at radius 3 is 2.56 bits per heavy atom. The molecule has 2 N–H and O–H groups in total. The molecule has 0 aliphatic heterocycles. The highest BCUT2D eigenvalue weighted by Gasteiger charge is 2.01. The molecule has 1 aromatic rings. The van der Waals surface area contributed by atoms with Gasteiger partial charge in [0.25, 0.3) is 0 Å². The van der Waals surface area contributed by atoms with E-state index in [4.69, 9.17) is 5.11 Å². The lowest BCUT2D eigenvalue weighted by Crippen LogP contribution is -2.28. The van der Waals surface area contributed by atoms with Crippen molar-refractivity contribution in [1.29, 1.82) is 0 Å². The fraction of sp³-hybridized carbons (Fsp3) is 0.615. The first kappa shape index (κ1) is 13.1. The Morgan fingerprint density at radius 2 is 2.06 bits per heavy atom. The van der Waals surface area contributed by atoms with Crippen LogP contribution < -0.4 is 5.32 Å². The molecule has 0 saturated heterocycles. The molecule has 0 radical (unpaired) electrons. The maximum Gasteiger partial charge on any atom is 0.0582 e. The second-order valence-corrected chi connectivity index (χ2v) is 4.72. The number of nitrogens with zero attached hydrogens (tertiary/aromatic N) is 1. The molecule has 16 heavy (non-hydrogen) atoms. The summed E-state index contributed by atoms with van der Waals surface area (Å²) in [5.41, 5.74) is 2.31. The Kier molecular flexibility index (Phi) is 5.43. The lowest BCUT2D eigenvalue weighted by atomic mass is 10.1. The van der Waals surface area contributed by atoms with Crippen molar-refractivity contribution in [3.63, 3.8) is 0 Å². The van der Waals surface area contributed by atoms with Gasteiger partial charge in [-0.15, -0.1) is 0 Å². The summed E-state index contributed by atoms with van der Waals surface area (Å²) < 4.78 is 0. The van der Waals surface area contributed by atoms with E-state index in [9.17, 15) is 0 Å². The van der Waals surface area contributed by atoms with Crippen molar-refractivity contribution in [3.8, 4) is 0 Å². The van der Waals surface area contributed by atoms with Gasteiger partial charge in [0.2, 0.25) is 0 Å². The van der Waals surface area contributed by atoms with E-state index >= 15 is 0 Å². The van der Waals surface area contributed by atoms with Crippen LogP contribution in [-0.2, 0) is 13.0 Å². The average molecular weight is 222 g/mol. The fourth-order valence-electron chi connectivity index (χ4n) is 1.46. The Bertz CT molecular complexity index is 295. The minimum atomic E-state index is 0.135. The summed E-state index contributed by atoms with van der Waals surface area (Å²) >= 11 is 0. The summed E-state index contributed by atoms with van der Waals surface area (Å²) in [4.78, 5) is 4.42. The summed E-state index contributed by atoms with van der Waals surface area (Å²) in [5, 5.41) is 12.1. The highest BCUT2D eigenvalue weighted by molar-refractivity contribution is 5.14. The topological polar surface area (TPSA) is 45.1 Å². The lowest BCUT2D eigenvalue weighted by Gasteiger charge is -2.10. The summed E-state index contributed by atoms with van der Waals surface area (Å²) in [6.07, 6.45) is 2.94. The molecule has 0 aliphatic rings. The number of nitrogens with one attached hydrogen (secondary N) is 1. The molecule has 0 spiro atoms. The van der Waals surface area contributed by atoms with Crippen LogP contribution >= 0.6 is 0 Å². The largest absolute Gasteiger partial charge is 0.395 e. The first-order valence-electron chi connectivity index (χ1n) is 5.90. The third-order valence-electron chi connectivity index (χ3n) is 2.43. The lowest BCUT2D eigenvalue weighted by molar-refractivity contribution is 0.251. The van der Waals surface area contributed by atoms with Gasteiger partial charge >= 0.3 is 0 Å². The van der Waals surface area contributed by atoms with Crippen molar-refractivity contribution >= 4 is 0 Å². The fourth-order valence-corrected chi connectivity index (χ4v) is 1.46. The summed E-state index contributed by atoms with van der Waals surface area (Å²) in [5.74, 6) is 0.644. The predicted octanol–water partition coefficient (Wildman–Crippen LogP) is 1.75. The van der Waals surface area contributed by atoms with Gasteiger partial charge in [0.05, 0.1) is 6.61 Å². The first-order valence-corrected chi connectivity index (χ1v) is 5.90. The van der Waals surface area contributed by atoms with Crippen LogP contribution in [0.3, 0.4) is 0 Å². The second-order valence-electron chi connectivity index (χ2n) is 4.72. The van der Waals surface area contributed by atoms with Crippen LogP contribution in [-0.4, -0.2) is 22.7 Å². The highest BCUT2D eigenvalue weighted by Crippen LogP contribution is 2.06. The monoisotopic (exact) mass is 222 g/mol. The van der Waals surface area contributed by atoms with Gasteiger partial charge < -0.3 is 10.4 Å². The van der Waals surface area contributed by atoms with E-state index in [1.165, 1.54) is 0 Å². The Morgan fingerprint density at radius 1 is 1.31 bits per heavy atom. The minimum absolute atomic E-state index is 0.135. The van der Waals surface area contributed by atoms with Gasteiger partial charge in [-0.25, -0.2) is 0 Å². The zero-order chi connectivity index (χ0) is 12.0. The van der Waals surface area contributed by atoms with Crippen LogP contribution in [0.1, 0.15) is 32.0 Å². The molecule has 3 heteroatoms. The third kappa shape index (κ3) is 4.73. The van der Waals surface area contributed by atoms with E-state index in [1.807, 2.05) is 13.1 Å². The molecule has 0 amide bonds. The maximum atomic E-state index is 8.88. The van der Waals surface area contributed by atoms with Gasteiger partial charge in [-0.3, -0.25) is 4.98 Å². The number of rotatable bonds is 6. The SMILES string of the molecule is CC(C)Cc1ccc(CNC(C)CO)cn1. The summed E-state index contributed by atoms with van der Waals surface area (Å²) in [6.45, 7) is 7.27. The number of hydrogen-bond acceptors (Lipinski definition) is 3. The molecule has 1 atom stereocenters. The molecule has 3 nitrogen and oxygen atoms in total. The molecule has 1 aromatic heterocycles. The van der Waals surface area contributed by atoms with Gasteiger partial charge in [0.15, 0.2) is 0 Å². The maximum absolute atomic E-state index is 8.88. The van der Waals surface area contributed by atoms with Crippen molar-refractivity contribution < 1.29 is 5.11 Å². The smallest absolute Gasteiger partial charge is 0.0582 e. The van der Waals surface area contributed by atoms with E-state index < -0.39 is 0 Å². The molecule has 0 aromatic carbocycles. The van der Waals surface area contributed by atoms with Gasteiger partial charge in [0, 0.05) is 24.5 Å². The van der Waals surface area contributed by atoms with Crippen LogP contribution in [0.4, 0.5) is 0 Å².